The molecule has 1 aromatic heterocycles. The molecule has 1 aromatic rings. The fraction of sp³-hybridized carbons (Fsp3) is 0.471. The highest BCUT2D eigenvalue weighted by atomic mass is 16.5. The van der Waals surface area contributed by atoms with Crippen molar-refractivity contribution in [1.29, 1.82) is 5.26 Å². The zero-order valence-corrected chi connectivity index (χ0v) is 13.9. The highest BCUT2D eigenvalue weighted by Gasteiger charge is 2.19. The lowest BCUT2D eigenvalue weighted by molar-refractivity contribution is -0.143. The number of amides is 1. The summed E-state index contributed by atoms with van der Waals surface area (Å²) in [6.07, 6.45) is 3.77. The van der Waals surface area contributed by atoms with E-state index in [9.17, 15) is 9.59 Å². The molecule has 1 unspecified atom stereocenters. The average Bonchev–Trinajstić information content (AvgIpc) is 3.14. The van der Waals surface area contributed by atoms with Gasteiger partial charge in [-0.25, -0.2) is 4.79 Å². The van der Waals surface area contributed by atoms with Crippen LogP contribution in [-0.4, -0.2) is 35.8 Å². The summed E-state index contributed by atoms with van der Waals surface area (Å²) in [5.41, 5.74) is 7.48. The van der Waals surface area contributed by atoms with Crippen molar-refractivity contribution in [2.75, 3.05) is 13.2 Å². The van der Waals surface area contributed by atoms with Crippen molar-refractivity contribution in [3.8, 4) is 6.07 Å². The van der Waals surface area contributed by atoms with Crippen LogP contribution in [0.2, 0.25) is 0 Å². The van der Waals surface area contributed by atoms with Crippen LogP contribution < -0.4 is 5.73 Å². The Morgan fingerprint density at radius 3 is 2.88 bits per heavy atom. The summed E-state index contributed by atoms with van der Waals surface area (Å²) < 4.78 is 12.5. The smallest absolute Gasteiger partial charge is 0.349 e. The molecular weight excluding hydrogens is 310 g/mol. The number of esters is 1. The molecule has 1 aliphatic rings. The lowest BCUT2D eigenvalue weighted by atomic mass is 10.1. The molecular formula is C17H21N3O4. The van der Waals surface area contributed by atoms with E-state index in [1.54, 1.807) is 6.07 Å². The van der Waals surface area contributed by atoms with Gasteiger partial charge >= 0.3 is 5.97 Å². The van der Waals surface area contributed by atoms with Crippen LogP contribution in [0.1, 0.15) is 29.8 Å². The first-order valence-corrected chi connectivity index (χ1v) is 7.78. The number of hydrogen-bond acceptors (Lipinski definition) is 5. The number of aromatic nitrogens is 1. The molecule has 1 atom stereocenters. The van der Waals surface area contributed by atoms with E-state index in [1.807, 2.05) is 19.9 Å². The third-order valence-corrected chi connectivity index (χ3v) is 4.01. The number of primary amides is 1. The maximum Gasteiger partial charge on any atom is 0.349 e. The fourth-order valence-electron chi connectivity index (χ4n) is 2.75. The molecule has 7 heteroatoms. The van der Waals surface area contributed by atoms with Crippen LogP contribution in [-0.2, 0) is 25.6 Å². The van der Waals surface area contributed by atoms with Gasteiger partial charge in [0.05, 0.1) is 6.10 Å². The number of nitriles is 1. The van der Waals surface area contributed by atoms with Crippen LogP contribution >= 0.6 is 0 Å². The van der Waals surface area contributed by atoms with Crippen molar-refractivity contribution in [3.63, 3.8) is 0 Å². The summed E-state index contributed by atoms with van der Waals surface area (Å²) >= 11 is 0. The largest absolute Gasteiger partial charge is 0.451 e. The van der Waals surface area contributed by atoms with Crippen molar-refractivity contribution in [1.82, 2.24) is 4.57 Å². The molecule has 0 aliphatic carbocycles. The van der Waals surface area contributed by atoms with Crippen LogP contribution in [0.25, 0.3) is 6.08 Å². The highest BCUT2D eigenvalue weighted by molar-refractivity contribution is 5.98. The van der Waals surface area contributed by atoms with Crippen LogP contribution in [0.15, 0.2) is 11.6 Å². The number of nitrogens with zero attached hydrogens (tertiary/aromatic N) is 2. The van der Waals surface area contributed by atoms with E-state index in [1.165, 1.54) is 6.08 Å². The summed E-state index contributed by atoms with van der Waals surface area (Å²) in [5, 5.41) is 9.16. The number of rotatable bonds is 6. The molecule has 2 N–H and O–H groups in total. The van der Waals surface area contributed by atoms with Gasteiger partial charge in [0.1, 0.15) is 11.6 Å². The number of carbonyl (C=O) groups is 2. The Labute approximate surface area is 140 Å². The van der Waals surface area contributed by atoms with Crippen molar-refractivity contribution >= 4 is 18.0 Å². The number of aryl methyl sites for hydroxylation is 1. The number of hydrogen-bond donors (Lipinski definition) is 1. The van der Waals surface area contributed by atoms with Gasteiger partial charge in [0.2, 0.25) is 0 Å². The minimum absolute atomic E-state index is 0.173. The maximum atomic E-state index is 11.8. The van der Waals surface area contributed by atoms with E-state index < -0.39 is 18.5 Å². The monoisotopic (exact) mass is 331 g/mol. The molecule has 1 fully saturated rings. The Morgan fingerprint density at radius 1 is 1.54 bits per heavy atom. The van der Waals surface area contributed by atoms with Gasteiger partial charge in [-0.15, -0.1) is 0 Å². The van der Waals surface area contributed by atoms with E-state index in [4.69, 9.17) is 15.7 Å². The van der Waals surface area contributed by atoms with E-state index in [0.717, 1.165) is 42.9 Å². The van der Waals surface area contributed by atoms with Gasteiger partial charge in [-0.2, -0.15) is 5.26 Å². The lowest BCUT2D eigenvalue weighted by Crippen LogP contribution is -2.21. The van der Waals surface area contributed by atoms with E-state index in [0.29, 0.717) is 0 Å². The molecule has 0 spiro atoms. The van der Waals surface area contributed by atoms with Gasteiger partial charge in [0.15, 0.2) is 6.61 Å². The first-order valence-electron chi connectivity index (χ1n) is 7.78. The van der Waals surface area contributed by atoms with Gasteiger partial charge in [0.25, 0.3) is 5.91 Å². The summed E-state index contributed by atoms with van der Waals surface area (Å²) in [5.74, 6) is -1.63. The molecule has 128 valence electrons. The summed E-state index contributed by atoms with van der Waals surface area (Å²) in [6, 6.07) is 3.71. The third kappa shape index (κ3) is 4.24. The van der Waals surface area contributed by atoms with Gasteiger partial charge in [-0.1, -0.05) is 0 Å². The minimum atomic E-state index is -0.861. The van der Waals surface area contributed by atoms with Crippen molar-refractivity contribution < 1.29 is 19.1 Å². The minimum Gasteiger partial charge on any atom is -0.451 e. The standard InChI is InChI=1S/C17H21N3O4/c1-11-6-13(7-14(8-18)17(22)24-10-16(19)21)12(2)20(11)9-15-4-3-5-23-15/h6-7,15H,3-5,9-10H2,1-2H3,(H2,19,21). The van der Waals surface area contributed by atoms with Gasteiger partial charge < -0.3 is 19.8 Å². The van der Waals surface area contributed by atoms with Crippen LogP contribution in [0.5, 0.6) is 0 Å². The number of ether oxygens (including phenoxy) is 2. The zero-order chi connectivity index (χ0) is 17.7. The predicted molar refractivity (Wildman–Crippen MR) is 86.6 cm³/mol. The highest BCUT2D eigenvalue weighted by Crippen LogP contribution is 2.22. The van der Waals surface area contributed by atoms with Crippen molar-refractivity contribution in [2.24, 2.45) is 5.73 Å². The predicted octanol–water partition coefficient (Wildman–Crippen LogP) is 1.22. The Balaban J connectivity index is 2.19. The first kappa shape index (κ1) is 17.8. The normalized spacial score (nSPS) is 17.5. The Hall–Kier alpha value is -2.59. The molecule has 7 nitrogen and oxygen atoms in total. The molecule has 0 aromatic carbocycles. The molecule has 2 heterocycles. The fourth-order valence-corrected chi connectivity index (χ4v) is 2.75. The number of carbonyl (C=O) groups excluding carboxylic acids is 2. The van der Waals surface area contributed by atoms with Crippen molar-refractivity contribution in [3.05, 3.63) is 28.6 Å². The zero-order valence-electron chi connectivity index (χ0n) is 13.9. The summed E-state index contributed by atoms with van der Waals surface area (Å²) in [6.45, 7) is 4.89. The molecule has 24 heavy (non-hydrogen) atoms. The second-order valence-corrected chi connectivity index (χ2v) is 5.78. The van der Waals surface area contributed by atoms with Crippen LogP contribution in [0.3, 0.4) is 0 Å². The number of nitrogens with two attached hydrogens (primary N) is 1. The molecule has 1 saturated heterocycles. The first-order chi connectivity index (χ1) is 11.4. The van der Waals surface area contributed by atoms with Gasteiger partial charge in [-0.3, -0.25) is 4.79 Å². The Morgan fingerprint density at radius 2 is 2.29 bits per heavy atom. The average molecular weight is 331 g/mol. The molecule has 2 rings (SSSR count). The molecule has 1 aliphatic heterocycles. The maximum absolute atomic E-state index is 11.8. The topological polar surface area (TPSA) is 107 Å². The molecule has 0 bridgehead atoms. The van der Waals surface area contributed by atoms with E-state index >= 15 is 0 Å². The Bertz CT molecular complexity index is 706. The van der Waals surface area contributed by atoms with E-state index in [2.05, 4.69) is 9.30 Å². The van der Waals surface area contributed by atoms with Crippen LogP contribution in [0.4, 0.5) is 0 Å². The van der Waals surface area contributed by atoms with Crippen LogP contribution in [0, 0.1) is 25.2 Å². The van der Waals surface area contributed by atoms with Gasteiger partial charge in [0, 0.05) is 24.5 Å². The molecule has 0 radical (unpaired) electrons. The quantitative estimate of drug-likeness (QED) is 0.479. The summed E-state index contributed by atoms with van der Waals surface area (Å²) in [4.78, 5) is 22.5. The molecule has 1 amide bonds. The lowest BCUT2D eigenvalue weighted by Gasteiger charge is -2.14. The third-order valence-electron chi connectivity index (χ3n) is 4.01. The second-order valence-electron chi connectivity index (χ2n) is 5.78. The van der Waals surface area contributed by atoms with Crippen molar-refractivity contribution in [2.45, 2.75) is 39.3 Å². The summed E-state index contributed by atoms with van der Waals surface area (Å²) in [7, 11) is 0. The molecule has 0 saturated carbocycles. The van der Waals surface area contributed by atoms with Gasteiger partial charge in [-0.05, 0) is 44.4 Å². The SMILES string of the molecule is Cc1cc(C=C(C#N)C(=O)OCC(N)=O)c(C)n1CC1CCCO1. The Kier molecular flexibility index (Phi) is 5.77. The second kappa shape index (κ2) is 7.79. The van der Waals surface area contributed by atoms with E-state index in [-0.39, 0.29) is 11.7 Å².